The molecule has 78 valence electrons. The number of aryl methyl sites for hydroxylation is 1. The quantitative estimate of drug-likeness (QED) is 0.642. The Hall–Kier alpha value is -0.980. The molecule has 0 spiro atoms. The van der Waals surface area contributed by atoms with Gasteiger partial charge in [-0.1, -0.05) is 11.6 Å². The normalized spacial score (nSPS) is 12.6. The number of hydrogen-bond acceptors (Lipinski definition) is 0. The topological polar surface area (TPSA) is 4.93 Å². The summed E-state index contributed by atoms with van der Waals surface area (Å²) < 4.78 is 2.36. The van der Waals surface area contributed by atoms with E-state index in [9.17, 15) is 0 Å². The van der Waals surface area contributed by atoms with Crippen LogP contribution in [0.15, 0.2) is 6.20 Å². The summed E-state index contributed by atoms with van der Waals surface area (Å²) in [5.41, 5.74) is 2.76. The largest absolute Gasteiger partial charge is 0.345 e. The standard InChI is InChI=1S/C13H21N/c1-7-12-11(6)8-14(10(4)5)13(12)9(2)3/h7-8,10H,1-6H3/b12-7-. The summed E-state index contributed by atoms with van der Waals surface area (Å²) in [4.78, 5) is 0. The number of hydrogen-bond donors (Lipinski definition) is 0. The molecule has 0 atom stereocenters. The molecule has 0 saturated carbocycles. The van der Waals surface area contributed by atoms with Crippen molar-refractivity contribution in [2.24, 2.45) is 0 Å². The first-order chi connectivity index (χ1) is 6.49. The average molecular weight is 191 g/mol. The van der Waals surface area contributed by atoms with E-state index in [-0.39, 0.29) is 0 Å². The second-order valence-corrected chi connectivity index (χ2v) is 4.36. The van der Waals surface area contributed by atoms with Gasteiger partial charge < -0.3 is 4.57 Å². The first-order valence-corrected chi connectivity index (χ1v) is 5.30. The van der Waals surface area contributed by atoms with Gasteiger partial charge in [-0.15, -0.1) is 0 Å². The molecule has 0 aliphatic heterocycles. The first kappa shape index (κ1) is 11.1. The first-order valence-electron chi connectivity index (χ1n) is 5.30. The summed E-state index contributed by atoms with van der Waals surface area (Å²) in [6, 6.07) is 0.535. The fourth-order valence-corrected chi connectivity index (χ4v) is 1.97. The van der Waals surface area contributed by atoms with Gasteiger partial charge in [0.25, 0.3) is 0 Å². The molecule has 1 rings (SSSR count). The van der Waals surface area contributed by atoms with Gasteiger partial charge in [0.2, 0.25) is 0 Å². The predicted molar refractivity (Wildman–Crippen MR) is 63.7 cm³/mol. The zero-order valence-electron chi connectivity index (χ0n) is 10.2. The van der Waals surface area contributed by atoms with E-state index in [0.717, 1.165) is 0 Å². The highest BCUT2D eigenvalue weighted by Crippen LogP contribution is 2.01. The van der Waals surface area contributed by atoms with Gasteiger partial charge in [-0.2, -0.15) is 0 Å². The summed E-state index contributed by atoms with van der Waals surface area (Å²) in [5.74, 6) is 0. The summed E-state index contributed by atoms with van der Waals surface area (Å²) >= 11 is 0. The van der Waals surface area contributed by atoms with Crippen molar-refractivity contribution in [2.75, 3.05) is 0 Å². The minimum Gasteiger partial charge on any atom is -0.345 e. The lowest BCUT2D eigenvalue weighted by Gasteiger charge is -2.08. The average Bonchev–Trinajstić information content (AvgIpc) is 2.42. The van der Waals surface area contributed by atoms with Gasteiger partial charge in [0.05, 0.1) is 0 Å². The van der Waals surface area contributed by atoms with E-state index in [1.807, 2.05) is 0 Å². The third-order valence-corrected chi connectivity index (χ3v) is 2.59. The van der Waals surface area contributed by atoms with Gasteiger partial charge in [-0.05, 0) is 52.3 Å². The van der Waals surface area contributed by atoms with E-state index in [1.165, 1.54) is 21.7 Å². The van der Waals surface area contributed by atoms with Crippen LogP contribution in [-0.4, -0.2) is 4.57 Å². The van der Waals surface area contributed by atoms with Crippen LogP contribution < -0.4 is 10.6 Å². The maximum atomic E-state index is 2.36. The zero-order chi connectivity index (χ0) is 10.9. The Kier molecular flexibility index (Phi) is 3.20. The highest BCUT2D eigenvalue weighted by Gasteiger charge is 2.04. The van der Waals surface area contributed by atoms with E-state index >= 15 is 0 Å². The lowest BCUT2D eigenvalue weighted by Crippen LogP contribution is -2.32. The van der Waals surface area contributed by atoms with Crippen LogP contribution in [0.4, 0.5) is 0 Å². The number of rotatable bonds is 1. The van der Waals surface area contributed by atoms with E-state index in [0.29, 0.717) is 6.04 Å². The minimum atomic E-state index is 0.535. The van der Waals surface area contributed by atoms with Crippen LogP contribution >= 0.6 is 0 Å². The molecule has 0 unspecified atom stereocenters. The van der Waals surface area contributed by atoms with E-state index in [2.05, 4.69) is 58.4 Å². The van der Waals surface area contributed by atoms with E-state index in [4.69, 9.17) is 0 Å². The summed E-state index contributed by atoms with van der Waals surface area (Å²) in [6.07, 6.45) is 4.46. The molecule has 0 bridgehead atoms. The molecule has 0 radical (unpaired) electrons. The van der Waals surface area contributed by atoms with Crippen LogP contribution in [0.25, 0.3) is 11.6 Å². The van der Waals surface area contributed by atoms with Gasteiger partial charge in [0, 0.05) is 17.6 Å². The van der Waals surface area contributed by atoms with E-state index in [1.54, 1.807) is 0 Å². The van der Waals surface area contributed by atoms with Crippen LogP contribution in [0.5, 0.6) is 0 Å². The zero-order valence-corrected chi connectivity index (χ0v) is 10.2. The van der Waals surface area contributed by atoms with Crippen molar-refractivity contribution in [3.63, 3.8) is 0 Å². The SMILES string of the molecule is C/C=c1/c(C)cn(C(C)C)c1=C(C)C. The van der Waals surface area contributed by atoms with Crippen molar-refractivity contribution in [3.8, 4) is 0 Å². The smallest absolute Gasteiger partial charge is 0.0468 e. The van der Waals surface area contributed by atoms with Crippen LogP contribution in [0.2, 0.25) is 0 Å². The van der Waals surface area contributed by atoms with Gasteiger partial charge in [-0.25, -0.2) is 0 Å². The maximum absolute atomic E-state index is 2.36. The highest BCUT2D eigenvalue weighted by molar-refractivity contribution is 5.41. The predicted octanol–water partition coefficient (Wildman–Crippen LogP) is 2.37. The van der Waals surface area contributed by atoms with Crippen molar-refractivity contribution < 1.29 is 0 Å². The number of nitrogens with zero attached hydrogens (tertiary/aromatic N) is 1. The third kappa shape index (κ3) is 1.77. The Morgan fingerprint density at radius 2 is 1.93 bits per heavy atom. The fourth-order valence-electron chi connectivity index (χ4n) is 1.97. The molecular formula is C13H21N. The summed E-state index contributed by atoms with van der Waals surface area (Å²) in [7, 11) is 0. The molecule has 1 aromatic heterocycles. The Bertz CT molecular complexity index is 429. The van der Waals surface area contributed by atoms with Gasteiger partial charge >= 0.3 is 0 Å². The molecule has 0 aliphatic rings. The molecule has 0 N–H and O–H groups in total. The van der Waals surface area contributed by atoms with Crippen molar-refractivity contribution in [3.05, 3.63) is 22.3 Å². The Morgan fingerprint density at radius 3 is 2.29 bits per heavy atom. The molecule has 0 aliphatic carbocycles. The molecule has 0 saturated heterocycles. The van der Waals surface area contributed by atoms with Gasteiger partial charge in [0.1, 0.15) is 0 Å². The monoisotopic (exact) mass is 191 g/mol. The van der Waals surface area contributed by atoms with Crippen LogP contribution in [0.3, 0.4) is 0 Å². The van der Waals surface area contributed by atoms with Crippen molar-refractivity contribution in [2.45, 2.75) is 47.6 Å². The molecule has 14 heavy (non-hydrogen) atoms. The molecule has 0 fully saturated rings. The molecule has 1 heterocycles. The second-order valence-electron chi connectivity index (χ2n) is 4.36. The lowest BCUT2D eigenvalue weighted by atomic mass is 10.2. The molecular weight excluding hydrogens is 170 g/mol. The molecule has 0 aromatic carbocycles. The van der Waals surface area contributed by atoms with E-state index < -0.39 is 0 Å². The fraction of sp³-hybridized carbons (Fsp3) is 0.538. The Balaban J connectivity index is 3.75. The lowest BCUT2D eigenvalue weighted by molar-refractivity contribution is 0.586. The van der Waals surface area contributed by atoms with Crippen LogP contribution in [0, 0.1) is 6.92 Å². The Labute approximate surface area is 86.8 Å². The van der Waals surface area contributed by atoms with Gasteiger partial charge in [0.15, 0.2) is 0 Å². The Morgan fingerprint density at radius 1 is 1.36 bits per heavy atom. The molecule has 1 heteroatoms. The minimum absolute atomic E-state index is 0.535. The third-order valence-electron chi connectivity index (χ3n) is 2.59. The van der Waals surface area contributed by atoms with Crippen LogP contribution in [-0.2, 0) is 0 Å². The maximum Gasteiger partial charge on any atom is 0.0468 e. The highest BCUT2D eigenvalue weighted by atomic mass is 15.0. The number of aromatic nitrogens is 1. The van der Waals surface area contributed by atoms with Crippen LogP contribution in [0.1, 0.15) is 46.2 Å². The van der Waals surface area contributed by atoms with Crippen molar-refractivity contribution in [1.82, 2.24) is 4.57 Å². The molecule has 1 aromatic rings. The summed E-state index contributed by atoms with van der Waals surface area (Å²) in [6.45, 7) is 13.1. The molecule has 0 amide bonds. The van der Waals surface area contributed by atoms with Gasteiger partial charge in [-0.3, -0.25) is 0 Å². The molecule has 1 nitrogen and oxygen atoms in total. The second kappa shape index (κ2) is 4.04. The van der Waals surface area contributed by atoms with Crippen molar-refractivity contribution in [1.29, 1.82) is 0 Å². The van der Waals surface area contributed by atoms with Crippen molar-refractivity contribution >= 4 is 11.6 Å². The summed E-state index contributed by atoms with van der Waals surface area (Å²) in [5, 5.41) is 2.78.